The molecule has 6 atom stereocenters. The summed E-state index contributed by atoms with van der Waals surface area (Å²) in [6.07, 6.45) is 11.0. The van der Waals surface area contributed by atoms with Crippen LogP contribution in [0, 0.1) is 35.5 Å². The van der Waals surface area contributed by atoms with Crippen LogP contribution in [0.3, 0.4) is 0 Å². The van der Waals surface area contributed by atoms with Gasteiger partial charge in [-0.1, -0.05) is 13.0 Å². The summed E-state index contributed by atoms with van der Waals surface area (Å²) in [4.78, 5) is 0. The Morgan fingerprint density at radius 3 is 2.91 bits per heavy atom. The zero-order valence-electron chi connectivity index (χ0n) is 14.1. The van der Waals surface area contributed by atoms with E-state index < -0.39 is 0 Å². The number of methoxy groups -OCH3 is 1. The number of benzene rings is 1. The van der Waals surface area contributed by atoms with E-state index in [1.54, 1.807) is 7.11 Å². The summed E-state index contributed by atoms with van der Waals surface area (Å²) in [5, 5.41) is 10.7. The first-order chi connectivity index (χ1) is 11.1. The van der Waals surface area contributed by atoms with Crippen LogP contribution >= 0.6 is 0 Å². The third kappa shape index (κ3) is 2.06. The molecule has 3 aliphatic carbocycles. The number of aliphatic hydroxyl groups is 1. The SMILES string of the molecule is C#C[C@@H]1C[C@H]2[C@@H]3CCc4cc(OC)ccc4[C@H]3CC[C@]2(C)[C@H]1O. The molecule has 0 bridgehead atoms. The summed E-state index contributed by atoms with van der Waals surface area (Å²) in [5.74, 6) is 5.73. The lowest BCUT2D eigenvalue weighted by molar-refractivity contribution is -0.0278. The molecule has 0 aliphatic heterocycles. The first-order valence-electron chi connectivity index (χ1n) is 8.89. The fraction of sp³-hybridized carbons (Fsp3) is 0.619. The maximum Gasteiger partial charge on any atom is 0.119 e. The maximum absolute atomic E-state index is 10.7. The zero-order chi connectivity index (χ0) is 16.2. The van der Waals surface area contributed by atoms with Crippen molar-refractivity contribution < 1.29 is 9.84 Å². The standard InChI is InChI=1S/C21H26O2/c1-4-13-12-19-18-7-5-14-11-15(23-3)6-8-16(14)17(18)9-10-21(19,2)20(13)22/h1,6,8,11,13,17-20,22H,5,7,9-10,12H2,2-3H3/t13-,17-,18-,19+,20+,21+/m1/s1. The molecular weight excluding hydrogens is 284 g/mol. The molecule has 0 amide bonds. The van der Waals surface area contributed by atoms with Crippen LogP contribution in [0.1, 0.15) is 49.7 Å². The van der Waals surface area contributed by atoms with Gasteiger partial charge in [0, 0.05) is 5.92 Å². The molecule has 0 spiro atoms. The Kier molecular flexibility index (Phi) is 3.46. The van der Waals surface area contributed by atoms with Crippen molar-refractivity contribution in [3.05, 3.63) is 29.3 Å². The molecule has 0 unspecified atom stereocenters. The monoisotopic (exact) mass is 310 g/mol. The molecule has 122 valence electrons. The molecule has 0 aromatic heterocycles. The Labute approximate surface area is 139 Å². The minimum atomic E-state index is -0.323. The van der Waals surface area contributed by atoms with Crippen molar-refractivity contribution >= 4 is 0 Å². The second-order valence-corrected chi connectivity index (χ2v) is 7.98. The molecule has 23 heavy (non-hydrogen) atoms. The van der Waals surface area contributed by atoms with Crippen molar-refractivity contribution in [3.8, 4) is 18.1 Å². The second-order valence-electron chi connectivity index (χ2n) is 7.98. The molecule has 1 aromatic rings. The number of rotatable bonds is 1. The van der Waals surface area contributed by atoms with E-state index in [-0.39, 0.29) is 17.4 Å². The molecule has 2 fully saturated rings. The smallest absolute Gasteiger partial charge is 0.119 e. The van der Waals surface area contributed by atoms with Crippen LogP contribution in [-0.2, 0) is 6.42 Å². The van der Waals surface area contributed by atoms with Crippen LogP contribution in [0.25, 0.3) is 0 Å². The molecule has 0 heterocycles. The van der Waals surface area contributed by atoms with Gasteiger partial charge in [0.05, 0.1) is 13.2 Å². The van der Waals surface area contributed by atoms with E-state index in [9.17, 15) is 5.11 Å². The Morgan fingerprint density at radius 1 is 1.35 bits per heavy atom. The third-order valence-corrected chi connectivity index (χ3v) is 7.15. The molecule has 1 N–H and O–H groups in total. The topological polar surface area (TPSA) is 29.5 Å². The van der Waals surface area contributed by atoms with Crippen LogP contribution in [0.5, 0.6) is 5.75 Å². The van der Waals surface area contributed by atoms with Crippen LogP contribution in [0.4, 0.5) is 0 Å². The molecule has 3 aliphatic rings. The number of aliphatic hydroxyl groups excluding tert-OH is 1. The van der Waals surface area contributed by atoms with Gasteiger partial charge in [-0.3, -0.25) is 0 Å². The number of fused-ring (bicyclic) bond motifs is 5. The molecule has 2 heteroatoms. The van der Waals surface area contributed by atoms with Crippen LogP contribution < -0.4 is 4.74 Å². The zero-order valence-corrected chi connectivity index (χ0v) is 14.1. The summed E-state index contributed by atoms with van der Waals surface area (Å²) in [7, 11) is 1.74. The Balaban J connectivity index is 1.68. The van der Waals surface area contributed by atoms with Crippen LogP contribution in [-0.4, -0.2) is 18.3 Å². The van der Waals surface area contributed by atoms with Gasteiger partial charge in [0.25, 0.3) is 0 Å². The minimum Gasteiger partial charge on any atom is -0.497 e. The summed E-state index contributed by atoms with van der Waals surface area (Å²) in [6.45, 7) is 2.28. The lowest BCUT2D eigenvalue weighted by atomic mass is 9.55. The number of ether oxygens (including phenoxy) is 1. The highest BCUT2D eigenvalue weighted by Gasteiger charge is 2.57. The molecule has 2 nitrogen and oxygen atoms in total. The van der Waals surface area contributed by atoms with E-state index in [2.05, 4.69) is 31.0 Å². The Morgan fingerprint density at radius 2 is 2.17 bits per heavy atom. The van der Waals surface area contributed by atoms with Gasteiger partial charge in [0.2, 0.25) is 0 Å². The van der Waals surface area contributed by atoms with Gasteiger partial charge in [0.1, 0.15) is 5.75 Å². The highest BCUT2D eigenvalue weighted by Crippen LogP contribution is 2.62. The Hall–Kier alpha value is -1.46. The van der Waals surface area contributed by atoms with E-state index in [4.69, 9.17) is 11.2 Å². The number of hydrogen-bond acceptors (Lipinski definition) is 2. The van der Waals surface area contributed by atoms with Crippen LogP contribution in [0.15, 0.2) is 18.2 Å². The van der Waals surface area contributed by atoms with Crippen molar-refractivity contribution in [2.24, 2.45) is 23.2 Å². The minimum absolute atomic E-state index is 0.0160. The van der Waals surface area contributed by atoms with E-state index in [1.807, 2.05) is 0 Å². The summed E-state index contributed by atoms with van der Waals surface area (Å²) < 4.78 is 5.39. The van der Waals surface area contributed by atoms with Gasteiger partial charge in [-0.05, 0) is 78.5 Å². The fourth-order valence-corrected chi connectivity index (χ4v) is 5.87. The van der Waals surface area contributed by atoms with Crippen molar-refractivity contribution in [3.63, 3.8) is 0 Å². The summed E-state index contributed by atoms with van der Waals surface area (Å²) in [5.41, 5.74) is 2.99. The summed E-state index contributed by atoms with van der Waals surface area (Å²) in [6, 6.07) is 6.59. The van der Waals surface area contributed by atoms with Gasteiger partial charge in [0.15, 0.2) is 0 Å². The number of aryl methyl sites for hydroxylation is 1. The molecule has 0 saturated heterocycles. The van der Waals surface area contributed by atoms with Gasteiger partial charge in [-0.2, -0.15) is 0 Å². The van der Waals surface area contributed by atoms with E-state index in [1.165, 1.54) is 24.0 Å². The molecular formula is C21H26O2. The summed E-state index contributed by atoms with van der Waals surface area (Å²) >= 11 is 0. The van der Waals surface area contributed by atoms with Crippen molar-refractivity contribution in [1.29, 1.82) is 0 Å². The molecule has 4 rings (SSSR count). The third-order valence-electron chi connectivity index (χ3n) is 7.15. The van der Waals surface area contributed by atoms with Crippen LogP contribution in [0.2, 0.25) is 0 Å². The number of hydrogen-bond donors (Lipinski definition) is 1. The Bertz CT molecular complexity index is 658. The van der Waals surface area contributed by atoms with E-state index in [0.29, 0.717) is 17.8 Å². The molecule has 1 aromatic carbocycles. The maximum atomic E-state index is 10.7. The van der Waals surface area contributed by atoms with Crippen molar-refractivity contribution in [1.82, 2.24) is 0 Å². The van der Waals surface area contributed by atoms with E-state index in [0.717, 1.165) is 25.0 Å². The average Bonchev–Trinajstić information content (AvgIpc) is 2.85. The highest BCUT2D eigenvalue weighted by molar-refractivity contribution is 5.40. The fourth-order valence-electron chi connectivity index (χ4n) is 5.87. The predicted molar refractivity (Wildman–Crippen MR) is 91.3 cm³/mol. The molecule has 2 saturated carbocycles. The second kappa shape index (κ2) is 5.28. The number of terminal acetylenes is 1. The van der Waals surface area contributed by atoms with Gasteiger partial charge in [-0.15, -0.1) is 12.3 Å². The first-order valence-corrected chi connectivity index (χ1v) is 8.89. The largest absolute Gasteiger partial charge is 0.497 e. The highest BCUT2D eigenvalue weighted by atomic mass is 16.5. The van der Waals surface area contributed by atoms with Crippen molar-refractivity contribution in [2.75, 3.05) is 7.11 Å². The molecule has 0 radical (unpaired) electrons. The van der Waals surface area contributed by atoms with E-state index >= 15 is 0 Å². The average molecular weight is 310 g/mol. The predicted octanol–water partition coefficient (Wildman–Crippen LogP) is 3.77. The lowest BCUT2D eigenvalue weighted by Crippen LogP contribution is -2.44. The van der Waals surface area contributed by atoms with Crippen molar-refractivity contribution in [2.45, 2.75) is 51.0 Å². The van der Waals surface area contributed by atoms with Gasteiger partial charge >= 0.3 is 0 Å². The normalized spacial score (nSPS) is 41.4. The van der Waals surface area contributed by atoms with Gasteiger partial charge in [-0.25, -0.2) is 0 Å². The lowest BCUT2D eigenvalue weighted by Gasteiger charge is -2.50. The van der Waals surface area contributed by atoms with Gasteiger partial charge < -0.3 is 9.84 Å². The quantitative estimate of drug-likeness (QED) is 0.800. The first kappa shape index (κ1) is 15.1.